The summed E-state index contributed by atoms with van der Waals surface area (Å²) in [7, 11) is 0. The zero-order valence-corrected chi connectivity index (χ0v) is 14.2. The zero-order valence-electron chi connectivity index (χ0n) is 14.2. The first-order valence-corrected chi connectivity index (χ1v) is 8.72. The van der Waals surface area contributed by atoms with E-state index in [1.807, 2.05) is 0 Å². The summed E-state index contributed by atoms with van der Waals surface area (Å²) in [6, 6.07) is 3.52. The fourth-order valence-corrected chi connectivity index (χ4v) is 3.27. The molecule has 4 nitrogen and oxygen atoms in total. The third-order valence-electron chi connectivity index (χ3n) is 4.77. The van der Waals surface area contributed by atoms with Gasteiger partial charge in [-0.05, 0) is 30.9 Å². The van der Waals surface area contributed by atoms with Crippen molar-refractivity contribution in [3.8, 4) is 11.3 Å². The first kappa shape index (κ1) is 17.6. The van der Waals surface area contributed by atoms with Gasteiger partial charge in [0.25, 0.3) is 0 Å². The van der Waals surface area contributed by atoms with Gasteiger partial charge in [-0.15, -0.1) is 0 Å². The summed E-state index contributed by atoms with van der Waals surface area (Å²) in [5.41, 5.74) is 0.153. The summed E-state index contributed by atoms with van der Waals surface area (Å²) < 4.78 is 32.2. The van der Waals surface area contributed by atoms with Crippen molar-refractivity contribution < 1.29 is 18.0 Å². The highest BCUT2D eigenvalue weighted by atomic mass is 19.1. The maximum absolute atomic E-state index is 13.8. The van der Waals surface area contributed by atoms with Gasteiger partial charge in [-0.2, -0.15) is 0 Å². The number of aryl methyl sites for hydroxylation is 1. The van der Waals surface area contributed by atoms with Crippen LogP contribution in [0.3, 0.4) is 0 Å². The Morgan fingerprint density at radius 2 is 2.12 bits per heavy atom. The van der Waals surface area contributed by atoms with Crippen LogP contribution in [0, 0.1) is 17.6 Å². The number of halogens is 2. The summed E-state index contributed by atoms with van der Waals surface area (Å²) in [5, 5.41) is 3.08. The highest BCUT2D eigenvalue weighted by molar-refractivity contribution is 5.76. The molecule has 1 fully saturated rings. The van der Waals surface area contributed by atoms with E-state index in [0.717, 1.165) is 25.3 Å². The Morgan fingerprint density at radius 1 is 1.32 bits per heavy atom. The molecule has 0 spiro atoms. The van der Waals surface area contributed by atoms with Crippen LogP contribution in [0.2, 0.25) is 0 Å². The average Bonchev–Trinajstić information content (AvgIpc) is 3.04. The monoisotopic (exact) mass is 348 g/mol. The number of aromatic nitrogens is 1. The molecular formula is C19H22F2N2O2. The van der Waals surface area contributed by atoms with Gasteiger partial charge in [-0.25, -0.2) is 13.8 Å². The van der Waals surface area contributed by atoms with E-state index in [1.165, 1.54) is 24.8 Å². The Hall–Kier alpha value is -2.24. The van der Waals surface area contributed by atoms with Gasteiger partial charge in [0.15, 0.2) is 11.7 Å². The minimum atomic E-state index is -0.702. The Labute approximate surface area is 145 Å². The van der Waals surface area contributed by atoms with Crippen LogP contribution >= 0.6 is 0 Å². The highest BCUT2D eigenvalue weighted by Gasteiger charge is 2.22. The molecule has 2 aromatic rings. The van der Waals surface area contributed by atoms with Crippen LogP contribution in [-0.4, -0.2) is 16.9 Å². The quantitative estimate of drug-likeness (QED) is 0.879. The highest BCUT2D eigenvalue weighted by Crippen LogP contribution is 2.25. The molecule has 1 saturated carbocycles. The fourth-order valence-electron chi connectivity index (χ4n) is 3.27. The van der Waals surface area contributed by atoms with Crippen LogP contribution in [0.5, 0.6) is 0 Å². The summed E-state index contributed by atoms with van der Waals surface area (Å²) in [6.45, 7) is 2.17. The second-order valence-corrected chi connectivity index (χ2v) is 6.68. The molecule has 25 heavy (non-hydrogen) atoms. The van der Waals surface area contributed by atoms with Gasteiger partial charge in [0.2, 0.25) is 5.91 Å². The van der Waals surface area contributed by atoms with Crippen molar-refractivity contribution in [2.24, 2.45) is 5.92 Å². The van der Waals surface area contributed by atoms with Crippen molar-refractivity contribution in [2.75, 3.05) is 0 Å². The normalized spacial score (nSPS) is 20.4. The van der Waals surface area contributed by atoms with Gasteiger partial charge in [0.1, 0.15) is 11.6 Å². The van der Waals surface area contributed by atoms with Crippen LogP contribution in [0.25, 0.3) is 11.3 Å². The van der Waals surface area contributed by atoms with Crippen molar-refractivity contribution in [3.63, 3.8) is 0 Å². The molecule has 0 saturated heterocycles. The van der Waals surface area contributed by atoms with Gasteiger partial charge >= 0.3 is 0 Å². The topological polar surface area (TPSA) is 55.1 Å². The third kappa shape index (κ3) is 4.44. The molecule has 1 aromatic heterocycles. The average molecular weight is 348 g/mol. The van der Waals surface area contributed by atoms with Crippen molar-refractivity contribution in [1.29, 1.82) is 0 Å². The Kier molecular flexibility index (Phi) is 5.46. The molecule has 1 aromatic carbocycles. The molecule has 0 aliphatic heterocycles. The number of carbonyl (C=O) groups is 1. The summed E-state index contributed by atoms with van der Waals surface area (Å²) >= 11 is 0. The largest absolute Gasteiger partial charge is 0.441 e. The summed E-state index contributed by atoms with van der Waals surface area (Å²) in [4.78, 5) is 16.2. The number of hydrogen-bond donors (Lipinski definition) is 1. The van der Waals surface area contributed by atoms with E-state index in [2.05, 4.69) is 17.2 Å². The zero-order chi connectivity index (χ0) is 17.8. The lowest BCUT2D eigenvalue weighted by Crippen LogP contribution is -2.41. The van der Waals surface area contributed by atoms with E-state index >= 15 is 0 Å². The minimum absolute atomic E-state index is 0.0218. The fraction of sp³-hybridized carbons (Fsp3) is 0.474. The van der Waals surface area contributed by atoms with E-state index in [-0.39, 0.29) is 29.7 Å². The molecule has 1 aliphatic rings. The predicted octanol–water partition coefficient (Wildman–Crippen LogP) is 4.25. The SMILES string of the molecule is CC1CCCCC1NC(=O)CCc1ncc(-c2ccc(F)cc2F)o1. The van der Waals surface area contributed by atoms with Crippen LogP contribution < -0.4 is 5.32 Å². The van der Waals surface area contributed by atoms with Crippen LogP contribution in [0.4, 0.5) is 8.78 Å². The smallest absolute Gasteiger partial charge is 0.220 e. The van der Waals surface area contributed by atoms with Gasteiger partial charge < -0.3 is 9.73 Å². The minimum Gasteiger partial charge on any atom is -0.441 e. The number of oxazole rings is 1. The molecule has 6 heteroatoms. The standard InChI is InChI=1S/C19H22F2N2O2/c1-12-4-2-3-5-16(12)23-18(24)8-9-19-22-11-17(25-19)14-7-6-13(20)10-15(14)21/h6-7,10-12,16H,2-5,8-9H2,1H3,(H,23,24). The molecule has 1 heterocycles. The van der Waals surface area contributed by atoms with Crippen molar-refractivity contribution in [1.82, 2.24) is 10.3 Å². The summed E-state index contributed by atoms with van der Waals surface area (Å²) in [6.07, 6.45) is 6.57. The van der Waals surface area contributed by atoms with E-state index in [1.54, 1.807) is 0 Å². The second-order valence-electron chi connectivity index (χ2n) is 6.68. The van der Waals surface area contributed by atoms with Crippen molar-refractivity contribution >= 4 is 5.91 Å². The van der Waals surface area contributed by atoms with Crippen LogP contribution in [-0.2, 0) is 11.2 Å². The van der Waals surface area contributed by atoms with Crippen molar-refractivity contribution in [3.05, 3.63) is 41.9 Å². The predicted molar refractivity (Wildman–Crippen MR) is 89.7 cm³/mol. The number of nitrogens with zero attached hydrogens (tertiary/aromatic N) is 1. The van der Waals surface area contributed by atoms with Gasteiger partial charge in [0.05, 0.1) is 11.8 Å². The number of nitrogens with one attached hydrogen (secondary N) is 1. The molecule has 0 radical (unpaired) electrons. The molecule has 1 amide bonds. The van der Waals surface area contributed by atoms with Crippen LogP contribution in [0.15, 0.2) is 28.8 Å². The molecule has 3 rings (SSSR count). The van der Waals surface area contributed by atoms with Gasteiger partial charge in [0, 0.05) is 24.9 Å². The van der Waals surface area contributed by atoms with Gasteiger partial charge in [-0.3, -0.25) is 4.79 Å². The maximum Gasteiger partial charge on any atom is 0.220 e. The first-order valence-electron chi connectivity index (χ1n) is 8.72. The molecule has 2 atom stereocenters. The Morgan fingerprint density at radius 3 is 2.88 bits per heavy atom. The molecule has 134 valence electrons. The lowest BCUT2D eigenvalue weighted by molar-refractivity contribution is -0.122. The van der Waals surface area contributed by atoms with Crippen molar-refractivity contribution in [2.45, 2.75) is 51.5 Å². The third-order valence-corrected chi connectivity index (χ3v) is 4.77. The molecule has 1 aliphatic carbocycles. The van der Waals surface area contributed by atoms with E-state index in [4.69, 9.17) is 4.42 Å². The Balaban J connectivity index is 1.55. The lowest BCUT2D eigenvalue weighted by Gasteiger charge is -2.29. The first-order chi connectivity index (χ1) is 12.0. The second kappa shape index (κ2) is 7.76. The van der Waals surface area contributed by atoms with E-state index in [9.17, 15) is 13.6 Å². The van der Waals surface area contributed by atoms with E-state index in [0.29, 0.717) is 18.2 Å². The molecule has 2 unspecified atom stereocenters. The molecule has 0 bridgehead atoms. The van der Waals surface area contributed by atoms with E-state index < -0.39 is 11.6 Å². The molecule has 1 N–H and O–H groups in total. The number of benzene rings is 1. The number of hydrogen-bond acceptors (Lipinski definition) is 3. The number of carbonyl (C=O) groups excluding carboxylic acids is 1. The summed E-state index contributed by atoms with van der Waals surface area (Å²) in [5.74, 6) is -0.264. The maximum atomic E-state index is 13.8. The van der Waals surface area contributed by atoms with Crippen LogP contribution in [0.1, 0.15) is 44.9 Å². The molecular weight excluding hydrogens is 326 g/mol. The number of rotatable bonds is 5. The number of amides is 1. The Bertz CT molecular complexity index is 745. The lowest BCUT2D eigenvalue weighted by atomic mass is 9.86. The van der Waals surface area contributed by atoms with Gasteiger partial charge in [-0.1, -0.05) is 19.8 Å².